The van der Waals surface area contributed by atoms with Gasteiger partial charge in [-0.15, -0.1) is 0 Å². The number of rotatable bonds is 7. The number of carbonyl (C=O) groups excluding carboxylic acids is 2. The van der Waals surface area contributed by atoms with Crippen LogP contribution >= 0.6 is 11.6 Å². The molecule has 0 unspecified atom stereocenters. The van der Waals surface area contributed by atoms with Crippen LogP contribution in [0, 0.1) is 0 Å². The topological polar surface area (TPSA) is 118 Å². The van der Waals surface area contributed by atoms with Crippen LogP contribution in [-0.4, -0.2) is 82.7 Å². The summed E-state index contributed by atoms with van der Waals surface area (Å²) in [6.45, 7) is 1.37. The van der Waals surface area contributed by atoms with Gasteiger partial charge in [-0.3, -0.25) is 4.79 Å². The molecule has 162 valence electrons. The lowest BCUT2D eigenvalue weighted by Crippen LogP contribution is -2.43. The van der Waals surface area contributed by atoms with E-state index in [9.17, 15) is 26.4 Å². The highest BCUT2D eigenvalue weighted by Crippen LogP contribution is 2.23. The molecule has 0 N–H and O–H groups in total. The molecule has 0 aromatic heterocycles. The lowest BCUT2D eigenvalue weighted by molar-refractivity contribution is -0.136. The van der Waals surface area contributed by atoms with Gasteiger partial charge in [-0.25, -0.2) is 25.9 Å². The number of amides is 1. The molecule has 0 aliphatic carbocycles. The van der Waals surface area contributed by atoms with E-state index in [0.29, 0.717) is 6.42 Å². The number of nitrogens with zero attached hydrogens (tertiary/aromatic N) is 2. The number of carbonyl (C=O) groups is 2. The Morgan fingerprint density at radius 2 is 1.93 bits per heavy atom. The summed E-state index contributed by atoms with van der Waals surface area (Å²) in [5.74, 6) is -1.58. The van der Waals surface area contributed by atoms with Crippen LogP contribution in [-0.2, 0) is 29.4 Å². The van der Waals surface area contributed by atoms with E-state index in [-0.39, 0.29) is 33.5 Å². The Kier molecular flexibility index (Phi) is 7.31. The normalized spacial score (nSPS) is 18.6. The average Bonchev–Trinajstić information content (AvgIpc) is 2.99. The highest BCUT2D eigenvalue weighted by Gasteiger charge is 2.34. The summed E-state index contributed by atoms with van der Waals surface area (Å²) in [5.41, 5.74) is -0.186. The van der Waals surface area contributed by atoms with E-state index in [1.54, 1.807) is 6.92 Å². The maximum atomic E-state index is 12.4. The van der Waals surface area contributed by atoms with E-state index in [1.807, 2.05) is 0 Å². The number of likely N-dealkylation sites (N-methyl/N-ethyl adjacent to an activating group) is 1. The minimum absolute atomic E-state index is 0.0178. The predicted molar refractivity (Wildman–Crippen MR) is 107 cm³/mol. The molecule has 1 amide bonds. The minimum Gasteiger partial charge on any atom is -0.452 e. The fourth-order valence-electron chi connectivity index (χ4n) is 2.98. The highest BCUT2D eigenvalue weighted by molar-refractivity contribution is 7.91. The van der Waals surface area contributed by atoms with Crippen LogP contribution in [0.15, 0.2) is 23.1 Å². The van der Waals surface area contributed by atoms with Crippen molar-refractivity contribution in [2.75, 3.05) is 38.8 Å². The quantitative estimate of drug-likeness (QED) is 0.545. The van der Waals surface area contributed by atoms with Crippen molar-refractivity contribution in [3.05, 3.63) is 28.8 Å². The van der Waals surface area contributed by atoms with E-state index in [1.165, 1.54) is 31.1 Å². The Morgan fingerprint density at radius 3 is 2.45 bits per heavy atom. The Balaban J connectivity index is 2.11. The van der Waals surface area contributed by atoms with Gasteiger partial charge >= 0.3 is 5.97 Å². The number of sulfone groups is 1. The summed E-state index contributed by atoms with van der Waals surface area (Å²) < 4.78 is 53.8. The molecule has 12 heteroatoms. The smallest absolute Gasteiger partial charge is 0.340 e. The standard InChI is InChI=1S/C17H23ClN2O7S2/c1-4-20(12-7-8-28(23,24)11-12)16(21)10-27-17(22)14-9-13(5-6-15(14)18)29(25,26)19(2)3/h5-6,9,12H,4,7-8,10-11H2,1-3H3/t12-/m0/s1. The van der Waals surface area contributed by atoms with Gasteiger partial charge in [0.15, 0.2) is 16.4 Å². The number of halogens is 1. The predicted octanol–water partition coefficient (Wildman–Crippen LogP) is 0.783. The van der Waals surface area contributed by atoms with Gasteiger partial charge < -0.3 is 9.64 Å². The largest absolute Gasteiger partial charge is 0.452 e. The lowest BCUT2D eigenvalue weighted by atomic mass is 10.2. The maximum Gasteiger partial charge on any atom is 0.340 e. The molecule has 1 atom stereocenters. The maximum absolute atomic E-state index is 12.4. The van der Waals surface area contributed by atoms with Crippen molar-refractivity contribution >= 4 is 43.3 Å². The lowest BCUT2D eigenvalue weighted by Gasteiger charge is -2.26. The van der Waals surface area contributed by atoms with Crippen molar-refractivity contribution < 1.29 is 31.2 Å². The van der Waals surface area contributed by atoms with E-state index in [4.69, 9.17) is 16.3 Å². The molecule has 1 aromatic rings. The van der Waals surface area contributed by atoms with Gasteiger partial charge in [0.25, 0.3) is 5.91 Å². The summed E-state index contributed by atoms with van der Waals surface area (Å²) in [6, 6.07) is 3.16. The summed E-state index contributed by atoms with van der Waals surface area (Å²) in [5, 5.41) is -0.0191. The monoisotopic (exact) mass is 466 g/mol. The van der Waals surface area contributed by atoms with Gasteiger partial charge in [-0.2, -0.15) is 0 Å². The Labute approximate surface area is 175 Å². The molecule has 0 radical (unpaired) electrons. The van der Waals surface area contributed by atoms with Crippen molar-refractivity contribution in [3.8, 4) is 0 Å². The van der Waals surface area contributed by atoms with E-state index < -0.39 is 44.4 Å². The Morgan fingerprint density at radius 1 is 1.28 bits per heavy atom. The second kappa shape index (κ2) is 8.99. The first kappa shape index (κ1) is 23.6. The van der Waals surface area contributed by atoms with Crippen molar-refractivity contribution in [1.29, 1.82) is 0 Å². The zero-order valence-corrected chi connectivity index (χ0v) is 18.7. The van der Waals surface area contributed by atoms with Crippen molar-refractivity contribution in [2.45, 2.75) is 24.3 Å². The summed E-state index contributed by atoms with van der Waals surface area (Å²) in [6.07, 6.45) is 0.339. The molecule has 1 fully saturated rings. The Hall–Kier alpha value is -1.69. The van der Waals surface area contributed by atoms with Gasteiger partial charge in [0, 0.05) is 26.7 Å². The fourth-order valence-corrected chi connectivity index (χ4v) is 5.83. The zero-order chi connectivity index (χ0) is 22.0. The van der Waals surface area contributed by atoms with Crippen LogP contribution in [0.4, 0.5) is 0 Å². The molecule has 1 heterocycles. The van der Waals surface area contributed by atoms with Crippen molar-refractivity contribution in [3.63, 3.8) is 0 Å². The minimum atomic E-state index is -3.79. The molecular weight excluding hydrogens is 444 g/mol. The summed E-state index contributed by atoms with van der Waals surface area (Å²) >= 11 is 5.99. The zero-order valence-electron chi connectivity index (χ0n) is 16.3. The summed E-state index contributed by atoms with van der Waals surface area (Å²) in [4.78, 5) is 26.0. The molecule has 29 heavy (non-hydrogen) atoms. The summed E-state index contributed by atoms with van der Waals surface area (Å²) in [7, 11) is -4.25. The van der Waals surface area contributed by atoms with Gasteiger partial charge in [-0.05, 0) is 31.5 Å². The Bertz CT molecular complexity index is 1010. The number of ether oxygens (including phenoxy) is 1. The number of sulfonamides is 1. The highest BCUT2D eigenvalue weighted by atomic mass is 35.5. The van der Waals surface area contributed by atoms with E-state index in [2.05, 4.69) is 0 Å². The molecule has 0 spiro atoms. The number of esters is 1. The molecule has 1 saturated heterocycles. The molecule has 0 bridgehead atoms. The first-order valence-corrected chi connectivity index (χ1v) is 12.4. The van der Waals surface area contributed by atoms with Gasteiger partial charge in [0.2, 0.25) is 10.0 Å². The first-order valence-electron chi connectivity index (χ1n) is 8.78. The third-order valence-electron chi connectivity index (χ3n) is 4.57. The molecule has 1 aliphatic heterocycles. The number of benzene rings is 1. The van der Waals surface area contributed by atoms with Crippen LogP contribution in [0.25, 0.3) is 0 Å². The van der Waals surface area contributed by atoms with E-state index >= 15 is 0 Å². The second-order valence-corrected chi connectivity index (χ2v) is 11.5. The number of hydrogen-bond donors (Lipinski definition) is 0. The first-order chi connectivity index (χ1) is 13.4. The third kappa shape index (κ3) is 5.47. The average molecular weight is 467 g/mol. The fraction of sp³-hybridized carbons (Fsp3) is 0.529. The van der Waals surface area contributed by atoms with Crippen molar-refractivity contribution in [2.24, 2.45) is 0 Å². The van der Waals surface area contributed by atoms with Crippen LogP contribution in [0.1, 0.15) is 23.7 Å². The molecular formula is C17H23ClN2O7S2. The van der Waals surface area contributed by atoms with Gasteiger partial charge in [0.1, 0.15) is 0 Å². The second-order valence-electron chi connectivity index (χ2n) is 6.74. The molecule has 1 aliphatic rings. The van der Waals surface area contributed by atoms with Gasteiger partial charge in [0.05, 0.1) is 27.0 Å². The van der Waals surface area contributed by atoms with Gasteiger partial charge in [-0.1, -0.05) is 11.6 Å². The molecule has 9 nitrogen and oxygen atoms in total. The van der Waals surface area contributed by atoms with Crippen LogP contribution in [0.2, 0.25) is 5.02 Å². The number of hydrogen-bond acceptors (Lipinski definition) is 7. The molecule has 1 aromatic carbocycles. The van der Waals surface area contributed by atoms with E-state index in [0.717, 1.165) is 10.4 Å². The van der Waals surface area contributed by atoms with Crippen LogP contribution < -0.4 is 0 Å². The van der Waals surface area contributed by atoms with Crippen molar-refractivity contribution in [1.82, 2.24) is 9.21 Å². The van der Waals surface area contributed by atoms with Crippen LogP contribution in [0.3, 0.4) is 0 Å². The third-order valence-corrected chi connectivity index (χ3v) is 8.46. The SMILES string of the molecule is CCN(C(=O)COC(=O)c1cc(S(=O)(=O)N(C)C)ccc1Cl)[C@H]1CCS(=O)(=O)C1. The van der Waals surface area contributed by atoms with Crippen LogP contribution in [0.5, 0.6) is 0 Å². The molecule has 2 rings (SSSR count). The molecule has 0 saturated carbocycles.